The van der Waals surface area contributed by atoms with Gasteiger partial charge in [0.25, 0.3) is 0 Å². The number of rotatable bonds is 2. The van der Waals surface area contributed by atoms with Gasteiger partial charge in [-0.25, -0.2) is 4.39 Å². The van der Waals surface area contributed by atoms with Gasteiger partial charge in [0.15, 0.2) is 0 Å². The lowest BCUT2D eigenvalue weighted by Gasteiger charge is -2.15. The van der Waals surface area contributed by atoms with Crippen LogP contribution in [-0.2, 0) is 0 Å². The maximum absolute atomic E-state index is 13.0. The van der Waals surface area contributed by atoms with Crippen molar-refractivity contribution in [3.63, 3.8) is 0 Å². The van der Waals surface area contributed by atoms with Crippen molar-refractivity contribution in [2.45, 2.75) is 31.3 Å². The molecular formula is C11H14BrFN2. The van der Waals surface area contributed by atoms with Crippen LogP contribution in [0.1, 0.15) is 19.3 Å². The first-order chi connectivity index (χ1) is 7.15. The Hall–Kier alpha value is -0.610. The summed E-state index contributed by atoms with van der Waals surface area (Å²) in [6, 6.07) is 5.32. The van der Waals surface area contributed by atoms with Crippen LogP contribution in [0.25, 0.3) is 0 Å². The number of nitrogens with two attached hydrogens (primary N) is 1. The van der Waals surface area contributed by atoms with Gasteiger partial charge in [-0.1, -0.05) is 0 Å². The van der Waals surface area contributed by atoms with Crippen molar-refractivity contribution in [3.05, 3.63) is 28.5 Å². The number of anilines is 1. The minimum absolute atomic E-state index is 0.219. The van der Waals surface area contributed by atoms with Gasteiger partial charge in [-0.2, -0.15) is 0 Å². The monoisotopic (exact) mass is 272 g/mol. The Morgan fingerprint density at radius 2 is 2.20 bits per heavy atom. The molecule has 0 radical (unpaired) electrons. The highest BCUT2D eigenvalue weighted by atomic mass is 79.9. The Bertz CT molecular complexity index is 356. The van der Waals surface area contributed by atoms with E-state index in [0.717, 1.165) is 29.4 Å². The van der Waals surface area contributed by atoms with Crippen LogP contribution in [0.3, 0.4) is 0 Å². The fourth-order valence-electron chi connectivity index (χ4n) is 1.98. The Labute approximate surface area is 97.2 Å². The topological polar surface area (TPSA) is 38.0 Å². The SMILES string of the molecule is NC1CCC(Nc2cc(F)ccc2Br)C1. The minimum atomic E-state index is -0.219. The van der Waals surface area contributed by atoms with E-state index in [1.54, 1.807) is 6.07 Å². The van der Waals surface area contributed by atoms with Crippen molar-refractivity contribution in [3.8, 4) is 0 Å². The maximum atomic E-state index is 13.0. The molecule has 1 aromatic carbocycles. The van der Waals surface area contributed by atoms with Gasteiger partial charge in [-0.05, 0) is 53.4 Å². The third kappa shape index (κ3) is 2.69. The Balaban J connectivity index is 2.07. The summed E-state index contributed by atoms with van der Waals surface area (Å²) in [5.74, 6) is -0.219. The van der Waals surface area contributed by atoms with E-state index in [1.807, 2.05) is 0 Å². The number of nitrogens with one attached hydrogen (secondary N) is 1. The van der Waals surface area contributed by atoms with E-state index in [2.05, 4.69) is 21.2 Å². The fourth-order valence-corrected chi connectivity index (χ4v) is 2.34. The van der Waals surface area contributed by atoms with Crippen molar-refractivity contribution in [1.29, 1.82) is 0 Å². The van der Waals surface area contributed by atoms with Gasteiger partial charge in [0.2, 0.25) is 0 Å². The summed E-state index contributed by atoms with van der Waals surface area (Å²) in [7, 11) is 0. The lowest BCUT2D eigenvalue weighted by atomic mass is 10.2. The van der Waals surface area contributed by atoms with E-state index in [-0.39, 0.29) is 11.9 Å². The zero-order chi connectivity index (χ0) is 10.8. The number of benzene rings is 1. The van der Waals surface area contributed by atoms with E-state index < -0.39 is 0 Å². The Kier molecular flexibility index (Phi) is 3.26. The van der Waals surface area contributed by atoms with Crippen LogP contribution in [0, 0.1) is 5.82 Å². The van der Waals surface area contributed by atoms with Gasteiger partial charge in [-0.3, -0.25) is 0 Å². The van der Waals surface area contributed by atoms with Crippen LogP contribution in [0.4, 0.5) is 10.1 Å². The number of hydrogen-bond acceptors (Lipinski definition) is 2. The van der Waals surface area contributed by atoms with Crippen LogP contribution in [0.15, 0.2) is 22.7 Å². The second-order valence-electron chi connectivity index (χ2n) is 4.04. The molecule has 1 aliphatic carbocycles. The van der Waals surface area contributed by atoms with Crippen molar-refractivity contribution < 1.29 is 4.39 Å². The summed E-state index contributed by atoms with van der Waals surface area (Å²) in [5, 5.41) is 3.31. The average Bonchev–Trinajstić information content (AvgIpc) is 2.58. The first-order valence-electron chi connectivity index (χ1n) is 5.12. The van der Waals surface area contributed by atoms with Crippen molar-refractivity contribution in [2.75, 3.05) is 5.32 Å². The van der Waals surface area contributed by atoms with Crippen LogP contribution < -0.4 is 11.1 Å². The first kappa shape index (κ1) is 10.9. The van der Waals surface area contributed by atoms with Gasteiger partial charge >= 0.3 is 0 Å². The molecular weight excluding hydrogens is 259 g/mol. The fraction of sp³-hybridized carbons (Fsp3) is 0.455. The highest BCUT2D eigenvalue weighted by molar-refractivity contribution is 9.10. The molecule has 0 amide bonds. The molecule has 2 rings (SSSR count). The second kappa shape index (κ2) is 4.49. The van der Waals surface area contributed by atoms with Crippen LogP contribution in [0.5, 0.6) is 0 Å². The predicted octanol–water partition coefficient (Wildman–Crippen LogP) is 2.88. The van der Waals surface area contributed by atoms with E-state index in [0.29, 0.717) is 6.04 Å². The van der Waals surface area contributed by atoms with Gasteiger partial charge in [0, 0.05) is 16.6 Å². The Morgan fingerprint density at radius 1 is 1.40 bits per heavy atom. The molecule has 3 N–H and O–H groups in total. The third-order valence-electron chi connectivity index (χ3n) is 2.76. The molecule has 1 fully saturated rings. The molecule has 0 saturated heterocycles. The minimum Gasteiger partial charge on any atom is -0.381 e. The van der Waals surface area contributed by atoms with E-state index in [4.69, 9.17) is 5.73 Å². The van der Waals surface area contributed by atoms with E-state index in [1.165, 1.54) is 12.1 Å². The number of halogens is 2. The molecule has 15 heavy (non-hydrogen) atoms. The predicted molar refractivity (Wildman–Crippen MR) is 63.3 cm³/mol. The normalized spacial score (nSPS) is 25.5. The molecule has 4 heteroatoms. The second-order valence-corrected chi connectivity index (χ2v) is 4.89. The smallest absolute Gasteiger partial charge is 0.125 e. The summed E-state index contributed by atoms with van der Waals surface area (Å²) in [6.07, 6.45) is 3.07. The third-order valence-corrected chi connectivity index (χ3v) is 3.45. The molecule has 0 aromatic heterocycles. The average molecular weight is 273 g/mol. The van der Waals surface area contributed by atoms with Crippen molar-refractivity contribution in [1.82, 2.24) is 0 Å². The molecule has 0 spiro atoms. The maximum Gasteiger partial charge on any atom is 0.125 e. The van der Waals surface area contributed by atoms with Crippen molar-refractivity contribution in [2.24, 2.45) is 5.73 Å². The molecule has 82 valence electrons. The van der Waals surface area contributed by atoms with Gasteiger partial charge < -0.3 is 11.1 Å². The standard InChI is InChI=1S/C11H14BrFN2/c12-10-4-1-7(13)5-11(10)15-9-3-2-8(14)6-9/h1,4-5,8-9,15H,2-3,6,14H2. The molecule has 1 saturated carbocycles. The zero-order valence-electron chi connectivity index (χ0n) is 8.34. The first-order valence-corrected chi connectivity index (χ1v) is 5.91. The highest BCUT2D eigenvalue weighted by Crippen LogP contribution is 2.27. The molecule has 2 unspecified atom stereocenters. The highest BCUT2D eigenvalue weighted by Gasteiger charge is 2.21. The molecule has 0 heterocycles. The summed E-state index contributed by atoms with van der Waals surface area (Å²) < 4.78 is 13.9. The van der Waals surface area contributed by atoms with Crippen LogP contribution in [-0.4, -0.2) is 12.1 Å². The van der Waals surface area contributed by atoms with Gasteiger partial charge in [0.05, 0.1) is 5.69 Å². The van der Waals surface area contributed by atoms with E-state index >= 15 is 0 Å². The molecule has 1 aliphatic rings. The number of hydrogen-bond donors (Lipinski definition) is 2. The lowest BCUT2D eigenvalue weighted by molar-refractivity contribution is 0.627. The summed E-state index contributed by atoms with van der Waals surface area (Å²) in [5.41, 5.74) is 6.63. The summed E-state index contributed by atoms with van der Waals surface area (Å²) in [6.45, 7) is 0. The largest absolute Gasteiger partial charge is 0.381 e. The molecule has 0 bridgehead atoms. The molecule has 2 nitrogen and oxygen atoms in total. The quantitative estimate of drug-likeness (QED) is 0.869. The Morgan fingerprint density at radius 3 is 2.87 bits per heavy atom. The van der Waals surface area contributed by atoms with Gasteiger partial charge in [-0.15, -0.1) is 0 Å². The summed E-state index contributed by atoms with van der Waals surface area (Å²) in [4.78, 5) is 0. The zero-order valence-corrected chi connectivity index (χ0v) is 9.93. The van der Waals surface area contributed by atoms with E-state index in [9.17, 15) is 4.39 Å². The van der Waals surface area contributed by atoms with Crippen molar-refractivity contribution >= 4 is 21.6 Å². The summed E-state index contributed by atoms with van der Waals surface area (Å²) >= 11 is 3.39. The molecule has 2 atom stereocenters. The van der Waals surface area contributed by atoms with Crippen LogP contribution >= 0.6 is 15.9 Å². The molecule has 1 aromatic rings. The van der Waals surface area contributed by atoms with Gasteiger partial charge in [0.1, 0.15) is 5.82 Å². The lowest BCUT2D eigenvalue weighted by Crippen LogP contribution is -2.20. The molecule has 0 aliphatic heterocycles. The van der Waals surface area contributed by atoms with Crippen LogP contribution in [0.2, 0.25) is 0 Å².